The van der Waals surface area contributed by atoms with Gasteiger partial charge in [-0.3, -0.25) is 9.69 Å². The van der Waals surface area contributed by atoms with E-state index < -0.39 is 0 Å². The SMILES string of the molecule is CC.CC.CC#CC.CC(=O)NC[C@H]1CN(c2ccccc2)C(=O)O1.II. The molecule has 7 heteroatoms. The maximum absolute atomic E-state index is 11.6. The molecule has 154 valence electrons. The van der Waals surface area contributed by atoms with Crippen LogP contribution < -0.4 is 10.2 Å². The van der Waals surface area contributed by atoms with Crippen LogP contribution in [-0.4, -0.2) is 31.2 Å². The lowest BCUT2D eigenvalue weighted by atomic mass is 10.3. The molecule has 1 N–H and O–H groups in total. The summed E-state index contributed by atoms with van der Waals surface area (Å²) in [6.07, 6.45) is -0.654. The van der Waals surface area contributed by atoms with Gasteiger partial charge in [-0.25, -0.2) is 4.79 Å². The second-order valence-corrected chi connectivity index (χ2v) is 4.39. The third-order valence-electron chi connectivity index (χ3n) is 2.77. The van der Waals surface area contributed by atoms with Gasteiger partial charge in [-0.1, -0.05) is 45.9 Å². The summed E-state index contributed by atoms with van der Waals surface area (Å²) in [7, 11) is 0. The number of nitrogens with zero attached hydrogens (tertiary/aromatic N) is 1. The van der Waals surface area contributed by atoms with Crippen LogP contribution in [0, 0.1) is 11.8 Å². The molecule has 1 aliphatic heterocycles. The van der Waals surface area contributed by atoms with Crippen molar-refractivity contribution in [2.24, 2.45) is 0 Å². The lowest BCUT2D eigenvalue weighted by Gasteiger charge is -2.12. The molecule has 1 heterocycles. The van der Waals surface area contributed by atoms with E-state index in [0.717, 1.165) is 5.69 Å². The Bertz CT molecular complexity index is 537. The van der Waals surface area contributed by atoms with Gasteiger partial charge in [-0.2, -0.15) is 0 Å². The largest absolute Gasteiger partial charge is 0.442 e. The zero-order valence-electron chi connectivity index (χ0n) is 17.3. The Labute approximate surface area is 188 Å². The zero-order chi connectivity index (χ0) is 21.7. The minimum atomic E-state index is -0.369. The summed E-state index contributed by atoms with van der Waals surface area (Å²) in [5, 5.41) is 2.64. The lowest BCUT2D eigenvalue weighted by molar-refractivity contribution is -0.119. The average Bonchev–Trinajstić information content (AvgIpc) is 3.12. The smallest absolute Gasteiger partial charge is 0.414 e. The Morgan fingerprint density at radius 3 is 2.04 bits per heavy atom. The second kappa shape index (κ2) is 23.0. The normalized spacial score (nSPS) is 13.1. The Morgan fingerprint density at radius 2 is 1.63 bits per heavy atom. The van der Waals surface area contributed by atoms with Crippen molar-refractivity contribution >= 4 is 54.9 Å². The van der Waals surface area contributed by atoms with Crippen LogP contribution in [0.2, 0.25) is 0 Å². The summed E-state index contributed by atoms with van der Waals surface area (Å²) in [4.78, 5) is 24.0. The summed E-state index contributed by atoms with van der Waals surface area (Å²) in [6.45, 7) is 13.9. The molecular formula is C20H32I2N2O3. The van der Waals surface area contributed by atoms with Gasteiger partial charge in [0, 0.05) is 49.8 Å². The van der Waals surface area contributed by atoms with Crippen molar-refractivity contribution in [2.45, 2.75) is 54.6 Å². The predicted molar refractivity (Wildman–Crippen MR) is 133 cm³/mol. The van der Waals surface area contributed by atoms with E-state index in [1.54, 1.807) is 4.90 Å². The molecule has 1 aromatic rings. The topological polar surface area (TPSA) is 58.6 Å². The molecule has 0 spiro atoms. The highest BCUT2D eigenvalue weighted by atomic mass is 128. The highest BCUT2D eigenvalue weighted by Gasteiger charge is 2.32. The van der Waals surface area contributed by atoms with Crippen LogP contribution in [0.1, 0.15) is 48.5 Å². The molecule has 1 saturated heterocycles. The van der Waals surface area contributed by atoms with Gasteiger partial charge in [0.1, 0.15) is 6.10 Å². The van der Waals surface area contributed by atoms with Crippen LogP contribution in [-0.2, 0) is 9.53 Å². The van der Waals surface area contributed by atoms with Crippen LogP contribution in [0.15, 0.2) is 30.3 Å². The molecular weight excluding hydrogens is 570 g/mol. The number of ether oxygens (including phenoxy) is 1. The average molecular weight is 602 g/mol. The number of cyclic esters (lactones) is 1. The number of hydrogen-bond acceptors (Lipinski definition) is 3. The van der Waals surface area contributed by atoms with Crippen molar-refractivity contribution in [3.05, 3.63) is 30.3 Å². The number of para-hydroxylation sites is 1. The molecule has 27 heavy (non-hydrogen) atoms. The first-order valence-corrected chi connectivity index (χ1v) is 15.1. The van der Waals surface area contributed by atoms with Crippen LogP contribution in [0.4, 0.5) is 10.5 Å². The first-order valence-electron chi connectivity index (χ1n) is 8.84. The number of amides is 2. The molecule has 0 aromatic heterocycles. The Morgan fingerprint density at radius 1 is 1.15 bits per heavy atom. The van der Waals surface area contributed by atoms with E-state index in [1.165, 1.54) is 6.92 Å². The molecule has 1 fully saturated rings. The highest BCUT2D eigenvalue weighted by molar-refractivity contribution is 15.0. The number of benzene rings is 1. The molecule has 0 saturated carbocycles. The molecule has 1 atom stereocenters. The van der Waals surface area contributed by atoms with Crippen LogP contribution >= 0.6 is 37.2 Å². The first-order chi connectivity index (χ1) is 13.1. The predicted octanol–water partition coefficient (Wildman–Crippen LogP) is 6.00. The summed E-state index contributed by atoms with van der Waals surface area (Å²) < 4.78 is 5.15. The second-order valence-electron chi connectivity index (χ2n) is 4.39. The number of anilines is 1. The van der Waals surface area contributed by atoms with E-state index in [1.807, 2.05) is 71.9 Å². The van der Waals surface area contributed by atoms with Crippen LogP contribution in [0.3, 0.4) is 0 Å². The number of carbonyl (C=O) groups is 2. The minimum Gasteiger partial charge on any atom is -0.442 e. The van der Waals surface area contributed by atoms with Gasteiger partial charge in [-0.05, 0) is 26.0 Å². The molecule has 1 aliphatic rings. The Balaban J connectivity index is -0.000000492. The third kappa shape index (κ3) is 15.7. The van der Waals surface area contributed by atoms with E-state index in [2.05, 4.69) is 54.4 Å². The van der Waals surface area contributed by atoms with Crippen LogP contribution in [0.5, 0.6) is 0 Å². The van der Waals surface area contributed by atoms with Crippen LogP contribution in [0.25, 0.3) is 0 Å². The van der Waals surface area contributed by atoms with Gasteiger partial charge < -0.3 is 10.1 Å². The van der Waals surface area contributed by atoms with E-state index in [-0.39, 0.29) is 18.1 Å². The number of hydrogen-bond donors (Lipinski definition) is 1. The molecule has 2 amide bonds. The van der Waals surface area contributed by atoms with Gasteiger partial charge in [0.05, 0.1) is 13.1 Å². The minimum absolute atomic E-state index is 0.126. The molecule has 0 radical (unpaired) electrons. The highest BCUT2D eigenvalue weighted by Crippen LogP contribution is 2.20. The third-order valence-corrected chi connectivity index (χ3v) is 2.77. The zero-order valence-corrected chi connectivity index (χ0v) is 21.6. The summed E-state index contributed by atoms with van der Waals surface area (Å²) >= 11 is 4.24. The standard InChI is InChI=1S/C12H14N2O3.C4H6.2C2H6.I2/c1-9(15)13-7-11-8-14(12(16)17-11)10-5-3-2-4-6-10;1-3-4-2;3*1-2/h2-6,11H,7-8H2,1H3,(H,13,15);1-2H3;2*1-2H3;/t11-;;;;/m0..../s1. The van der Waals surface area contributed by atoms with E-state index in [0.29, 0.717) is 13.1 Å². The maximum Gasteiger partial charge on any atom is 0.414 e. The van der Waals surface area contributed by atoms with Gasteiger partial charge in [-0.15, -0.1) is 11.8 Å². The van der Waals surface area contributed by atoms with Crippen molar-refractivity contribution < 1.29 is 14.3 Å². The van der Waals surface area contributed by atoms with Crippen molar-refractivity contribution in [3.8, 4) is 11.8 Å². The van der Waals surface area contributed by atoms with E-state index >= 15 is 0 Å². The van der Waals surface area contributed by atoms with Gasteiger partial charge >= 0.3 is 6.09 Å². The molecule has 0 unspecified atom stereocenters. The van der Waals surface area contributed by atoms with Crippen molar-refractivity contribution in [2.75, 3.05) is 18.0 Å². The Hall–Kier alpha value is -1.02. The molecule has 0 aliphatic carbocycles. The van der Waals surface area contributed by atoms with Crippen molar-refractivity contribution in [1.82, 2.24) is 5.32 Å². The van der Waals surface area contributed by atoms with Gasteiger partial charge in [0.15, 0.2) is 0 Å². The monoisotopic (exact) mass is 602 g/mol. The number of halogens is 2. The van der Waals surface area contributed by atoms with Gasteiger partial charge in [0.2, 0.25) is 5.91 Å². The van der Waals surface area contributed by atoms with E-state index in [4.69, 9.17) is 4.74 Å². The fourth-order valence-corrected chi connectivity index (χ4v) is 1.70. The first kappa shape index (κ1) is 30.7. The summed E-state index contributed by atoms with van der Waals surface area (Å²) in [5.41, 5.74) is 0.808. The van der Waals surface area contributed by atoms with Crippen molar-refractivity contribution in [3.63, 3.8) is 0 Å². The molecule has 5 nitrogen and oxygen atoms in total. The molecule has 1 aromatic carbocycles. The quantitative estimate of drug-likeness (QED) is 0.341. The molecule has 2 rings (SSSR count). The molecule has 0 bridgehead atoms. The fraction of sp³-hybridized carbons (Fsp3) is 0.500. The lowest BCUT2D eigenvalue weighted by Crippen LogP contribution is -2.33. The number of rotatable bonds is 3. The number of carbonyl (C=O) groups excluding carboxylic acids is 2. The summed E-state index contributed by atoms with van der Waals surface area (Å²) in [6, 6.07) is 9.32. The fourth-order valence-electron chi connectivity index (χ4n) is 1.70. The maximum atomic E-state index is 11.6. The summed E-state index contributed by atoms with van der Waals surface area (Å²) in [5.74, 6) is 5.24. The Kier molecular flexibility index (Phi) is 26.2. The van der Waals surface area contributed by atoms with E-state index in [9.17, 15) is 9.59 Å². The van der Waals surface area contributed by atoms with Gasteiger partial charge in [0.25, 0.3) is 0 Å². The van der Waals surface area contributed by atoms with Crippen molar-refractivity contribution in [1.29, 1.82) is 0 Å². The number of nitrogens with one attached hydrogen (secondary N) is 1.